The number of aromatic nitrogens is 2. The van der Waals surface area contributed by atoms with Gasteiger partial charge in [-0.2, -0.15) is 4.98 Å². The second kappa shape index (κ2) is 5.32. The van der Waals surface area contributed by atoms with Crippen LogP contribution in [0.15, 0.2) is 35.2 Å². The second-order valence-electron chi connectivity index (χ2n) is 3.72. The van der Waals surface area contributed by atoms with Crippen molar-refractivity contribution in [2.24, 2.45) is 0 Å². The summed E-state index contributed by atoms with van der Waals surface area (Å²) >= 11 is 11.3. The Morgan fingerprint density at radius 2 is 1.84 bits per heavy atom. The molecule has 0 unspecified atom stereocenters. The van der Waals surface area contributed by atoms with E-state index < -0.39 is 10.0 Å². The quantitative estimate of drug-likeness (QED) is 0.698. The Bertz CT molecular complexity index is 699. The van der Waals surface area contributed by atoms with Crippen molar-refractivity contribution in [1.82, 2.24) is 9.97 Å². The standard InChI is InChI=1S/C11H9Cl2N3O2S/c1-7-4-2-3-5-8(7)19(17,18)16-10-6-9(12)14-11(13)15-10/h2-6H,1H3,(H,14,15,16). The van der Waals surface area contributed by atoms with E-state index >= 15 is 0 Å². The number of anilines is 1. The average Bonchev–Trinajstić information content (AvgIpc) is 2.26. The van der Waals surface area contributed by atoms with E-state index in [1.54, 1.807) is 25.1 Å². The Balaban J connectivity index is 2.39. The summed E-state index contributed by atoms with van der Waals surface area (Å²) in [6.07, 6.45) is 0. The highest BCUT2D eigenvalue weighted by molar-refractivity contribution is 7.92. The molecule has 0 amide bonds. The molecule has 0 spiro atoms. The minimum Gasteiger partial charge on any atom is -0.263 e. The van der Waals surface area contributed by atoms with Crippen molar-refractivity contribution < 1.29 is 8.42 Å². The summed E-state index contributed by atoms with van der Waals surface area (Å²) in [6, 6.07) is 7.88. The fourth-order valence-corrected chi connectivity index (χ4v) is 3.14. The third kappa shape index (κ3) is 3.34. The van der Waals surface area contributed by atoms with Crippen molar-refractivity contribution in [2.45, 2.75) is 11.8 Å². The minimum absolute atomic E-state index is 0.0215. The molecule has 0 aliphatic carbocycles. The Morgan fingerprint density at radius 1 is 1.16 bits per heavy atom. The lowest BCUT2D eigenvalue weighted by Crippen LogP contribution is -2.15. The smallest absolute Gasteiger partial charge is 0.263 e. The van der Waals surface area contributed by atoms with Crippen molar-refractivity contribution in [3.63, 3.8) is 0 Å². The van der Waals surface area contributed by atoms with Crippen LogP contribution in [0.5, 0.6) is 0 Å². The molecule has 19 heavy (non-hydrogen) atoms. The van der Waals surface area contributed by atoms with Crippen LogP contribution in [0.4, 0.5) is 5.82 Å². The molecule has 0 saturated carbocycles. The van der Waals surface area contributed by atoms with Gasteiger partial charge in [0.1, 0.15) is 11.0 Å². The zero-order valence-corrected chi connectivity index (χ0v) is 12.1. The van der Waals surface area contributed by atoms with Gasteiger partial charge in [-0.15, -0.1) is 0 Å². The highest BCUT2D eigenvalue weighted by atomic mass is 35.5. The highest BCUT2D eigenvalue weighted by Gasteiger charge is 2.17. The molecule has 1 aromatic heterocycles. The fraction of sp³-hybridized carbons (Fsp3) is 0.0909. The maximum absolute atomic E-state index is 12.2. The van der Waals surface area contributed by atoms with Crippen LogP contribution in [0, 0.1) is 6.92 Å². The molecule has 1 N–H and O–H groups in total. The van der Waals surface area contributed by atoms with E-state index in [4.69, 9.17) is 23.2 Å². The van der Waals surface area contributed by atoms with Gasteiger partial charge in [-0.25, -0.2) is 13.4 Å². The Labute approximate surface area is 120 Å². The molecular formula is C11H9Cl2N3O2S. The molecule has 1 heterocycles. The van der Waals surface area contributed by atoms with E-state index in [0.29, 0.717) is 5.56 Å². The van der Waals surface area contributed by atoms with Crippen LogP contribution in [-0.2, 0) is 10.0 Å². The second-order valence-corrected chi connectivity index (χ2v) is 6.09. The zero-order chi connectivity index (χ0) is 14.0. The molecule has 0 bridgehead atoms. The lowest BCUT2D eigenvalue weighted by molar-refractivity contribution is 0.600. The Kier molecular flexibility index (Phi) is 3.93. The fourth-order valence-electron chi connectivity index (χ4n) is 1.49. The zero-order valence-electron chi connectivity index (χ0n) is 9.76. The molecule has 5 nitrogen and oxygen atoms in total. The molecule has 2 rings (SSSR count). The number of nitrogens with zero attached hydrogens (tertiary/aromatic N) is 2. The number of sulfonamides is 1. The van der Waals surface area contributed by atoms with E-state index in [9.17, 15) is 8.42 Å². The summed E-state index contributed by atoms with van der Waals surface area (Å²) in [5.41, 5.74) is 0.626. The minimum atomic E-state index is -3.74. The van der Waals surface area contributed by atoms with Gasteiger partial charge in [-0.1, -0.05) is 29.8 Å². The van der Waals surface area contributed by atoms with Crippen molar-refractivity contribution in [2.75, 3.05) is 4.72 Å². The first-order valence-electron chi connectivity index (χ1n) is 5.17. The molecule has 1 aromatic carbocycles. The molecule has 0 saturated heterocycles. The molecule has 100 valence electrons. The van der Waals surface area contributed by atoms with Gasteiger partial charge in [0.05, 0.1) is 4.90 Å². The predicted octanol–water partition coefficient (Wildman–Crippen LogP) is 2.89. The highest BCUT2D eigenvalue weighted by Crippen LogP contribution is 2.20. The van der Waals surface area contributed by atoms with Gasteiger partial charge in [-0.3, -0.25) is 4.72 Å². The van der Waals surface area contributed by atoms with Gasteiger partial charge < -0.3 is 0 Å². The van der Waals surface area contributed by atoms with Crippen LogP contribution < -0.4 is 4.72 Å². The van der Waals surface area contributed by atoms with Crippen LogP contribution >= 0.6 is 23.2 Å². The number of aryl methyl sites for hydroxylation is 1. The van der Waals surface area contributed by atoms with Crippen molar-refractivity contribution in [3.05, 3.63) is 46.3 Å². The van der Waals surface area contributed by atoms with Gasteiger partial charge in [0, 0.05) is 6.07 Å². The van der Waals surface area contributed by atoms with E-state index in [1.807, 2.05) is 0 Å². The molecule has 8 heteroatoms. The van der Waals surface area contributed by atoms with Crippen molar-refractivity contribution in [3.8, 4) is 0 Å². The molecular weight excluding hydrogens is 309 g/mol. The molecule has 0 aliphatic rings. The van der Waals surface area contributed by atoms with Crippen molar-refractivity contribution in [1.29, 1.82) is 0 Å². The topological polar surface area (TPSA) is 72.0 Å². The molecule has 0 fully saturated rings. The summed E-state index contributed by atoms with van der Waals surface area (Å²) in [7, 11) is -3.74. The van der Waals surface area contributed by atoms with Crippen LogP contribution in [-0.4, -0.2) is 18.4 Å². The average molecular weight is 318 g/mol. The van der Waals surface area contributed by atoms with Gasteiger partial charge in [0.25, 0.3) is 10.0 Å². The number of hydrogen-bond donors (Lipinski definition) is 1. The third-order valence-electron chi connectivity index (χ3n) is 2.29. The van der Waals surface area contributed by atoms with Crippen LogP contribution in [0.3, 0.4) is 0 Å². The van der Waals surface area contributed by atoms with Crippen LogP contribution in [0.1, 0.15) is 5.56 Å². The summed E-state index contributed by atoms with van der Waals surface area (Å²) in [5, 5.41) is -0.0718. The predicted molar refractivity (Wildman–Crippen MR) is 74.0 cm³/mol. The molecule has 0 aliphatic heterocycles. The lowest BCUT2D eigenvalue weighted by Gasteiger charge is -2.09. The summed E-state index contributed by atoms with van der Waals surface area (Å²) in [5.74, 6) is 0.0215. The largest absolute Gasteiger partial charge is 0.263 e. The summed E-state index contributed by atoms with van der Waals surface area (Å²) in [4.78, 5) is 7.56. The SMILES string of the molecule is Cc1ccccc1S(=O)(=O)Nc1cc(Cl)nc(Cl)n1. The van der Waals surface area contributed by atoms with E-state index in [1.165, 1.54) is 12.1 Å². The molecule has 0 atom stereocenters. The van der Waals surface area contributed by atoms with Crippen molar-refractivity contribution >= 4 is 39.0 Å². The number of halogens is 2. The lowest BCUT2D eigenvalue weighted by atomic mass is 10.2. The Hall–Kier alpha value is -1.37. The number of rotatable bonds is 3. The van der Waals surface area contributed by atoms with E-state index in [-0.39, 0.29) is 21.2 Å². The molecule has 0 radical (unpaired) electrons. The normalized spacial score (nSPS) is 11.3. The van der Waals surface area contributed by atoms with E-state index in [2.05, 4.69) is 14.7 Å². The summed E-state index contributed by atoms with van der Waals surface area (Å²) in [6.45, 7) is 1.70. The Morgan fingerprint density at radius 3 is 2.47 bits per heavy atom. The van der Waals surface area contributed by atoms with Gasteiger partial charge in [0.15, 0.2) is 0 Å². The first kappa shape index (κ1) is 14.0. The van der Waals surface area contributed by atoms with Crippen LogP contribution in [0.25, 0.3) is 0 Å². The number of nitrogens with one attached hydrogen (secondary N) is 1. The van der Waals surface area contributed by atoms with Gasteiger partial charge >= 0.3 is 0 Å². The van der Waals surface area contributed by atoms with Gasteiger partial charge in [-0.05, 0) is 30.2 Å². The van der Waals surface area contributed by atoms with Crippen LogP contribution in [0.2, 0.25) is 10.4 Å². The first-order chi connectivity index (χ1) is 8.88. The summed E-state index contributed by atoms with van der Waals surface area (Å²) < 4.78 is 26.7. The number of hydrogen-bond acceptors (Lipinski definition) is 4. The van der Waals surface area contributed by atoms with Gasteiger partial charge in [0.2, 0.25) is 5.28 Å². The maximum Gasteiger partial charge on any atom is 0.263 e. The maximum atomic E-state index is 12.2. The monoisotopic (exact) mass is 317 g/mol. The first-order valence-corrected chi connectivity index (χ1v) is 7.41. The number of benzene rings is 1. The van der Waals surface area contributed by atoms with E-state index in [0.717, 1.165) is 0 Å². The third-order valence-corrected chi connectivity index (χ3v) is 4.17. The molecule has 2 aromatic rings.